The molecule has 0 amide bonds. The van der Waals surface area contributed by atoms with Crippen LogP contribution in [-0.2, 0) is 5.41 Å². The number of nitrogens with zero attached hydrogens (tertiary/aromatic N) is 2. The van der Waals surface area contributed by atoms with Crippen LogP contribution in [0.2, 0.25) is 0 Å². The van der Waals surface area contributed by atoms with E-state index in [1.165, 1.54) is 6.07 Å². The third kappa shape index (κ3) is 2.50. The van der Waals surface area contributed by atoms with Gasteiger partial charge in [-0.1, -0.05) is 12.1 Å². The van der Waals surface area contributed by atoms with Gasteiger partial charge in [-0.3, -0.25) is 0 Å². The molecule has 0 aliphatic heterocycles. The molecule has 1 aromatic carbocycles. The largest absolute Gasteiger partial charge is 0.489 e. The van der Waals surface area contributed by atoms with Crippen molar-refractivity contribution in [1.82, 2.24) is 9.97 Å². The van der Waals surface area contributed by atoms with E-state index in [0.717, 1.165) is 29.9 Å². The maximum absolute atomic E-state index is 13.3. The molecular formula is C16H17FN2O. The number of halogens is 1. The molecule has 4 heteroatoms. The number of hydrogen-bond donors (Lipinski definition) is 0. The van der Waals surface area contributed by atoms with Crippen LogP contribution < -0.4 is 4.74 Å². The Bertz CT molecular complexity index is 638. The SMILES string of the molecule is Cc1ncc(OCC2(c3cccc(F)c3)CC2)c(C)n1. The minimum atomic E-state index is -0.191. The van der Waals surface area contributed by atoms with Gasteiger partial charge in [0, 0.05) is 5.41 Å². The normalized spacial score (nSPS) is 15.9. The van der Waals surface area contributed by atoms with Crippen LogP contribution in [0.25, 0.3) is 0 Å². The van der Waals surface area contributed by atoms with Gasteiger partial charge >= 0.3 is 0 Å². The van der Waals surface area contributed by atoms with Crippen LogP contribution in [-0.4, -0.2) is 16.6 Å². The number of ether oxygens (including phenoxy) is 1. The fourth-order valence-corrected chi connectivity index (χ4v) is 2.42. The number of hydrogen-bond acceptors (Lipinski definition) is 3. The van der Waals surface area contributed by atoms with Crippen molar-refractivity contribution < 1.29 is 9.13 Å². The summed E-state index contributed by atoms with van der Waals surface area (Å²) < 4.78 is 19.2. The van der Waals surface area contributed by atoms with Crippen molar-refractivity contribution in [2.75, 3.05) is 6.61 Å². The van der Waals surface area contributed by atoms with Crippen LogP contribution in [0.15, 0.2) is 30.5 Å². The van der Waals surface area contributed by atoms with Crippen LogP contribution in [0.3, 0.4) is 0 Å². The third-order valence-corrected chi connectivity index (χ3v) is 3.85. The predicted molar refractivity (Wildman–Crippen MR) is 74.3 cm³/mol. The van der Waals surface area contributed by atoms with Gasteiger partial charge in [-0.05, 0) is 44.4 Å². The minimum absolute atomic E-state index is 0.0422. The molecule has 0 unspecified atom stereocenters. The van der Waals surface area contributed by atoms with E-state index in [1.807, 2.05) is 19.9 Å². The molecule has 2 aromatic rings. The molecule has 0 spiro atoms. The average Bonchev–Trinajstić information content (AvgIpc) is 3.19. The van der Waals surface area contributed by atoms with Crippen LogP contribution in [0.4, 0.5) is 4.39 Å². The lowest BCUT2D eigenvalue weighted by Crippen LogP contribution is -2.18. The van der Waals surface area contributed by atoms with Crippen LogP contribution >= 0.6 is 0 Å². The van der Waals surface area contributed by atoms with E-state index < -0.39 is 0 Å². The fourth-order valence-electron chi connectivity index (χ4n) is 2.42. The molecule has 1 aromatic heterocycles. The lowest BCUT2D eigenvalue weighted by molar-refractivity contribution is 0.273. The predicted octanol–water partition coefficient (Wildman–Crippen LogP) is 3.34. The summed E-state index contributed by atoms with van der Waals surface area (Å²) in [5, 5.41) is 0. The summed E-state index contributed by atoms with van der Waals surface area (Å²) in [6.45, 7) is 4.31. The van der Waals surface area contributed by atoms with Gasteiger partial charge in [0.25, 0.3) is 0 Å². The van der Waals surface area contributed by atoms with E-state index in [4.69, 9.17) is 4.74 Å². The van der Waals surface area contributed by atoms with Crippen molar-refractivity contribution in [2.24, 2.45) is 0 Å². The molecule has 1 saturated carbocycles. The number of benzene rings is 1. The second-order valence-electron chi connectivity index (χ2n) is 5.45. The lowest BCUT2D eigenvalue weighted by atomic mass is 9.97. The molecule has 1 fully saturated rings. The Morgan fingerprint density at radius 1 is 1.30 bits per heavy atom. The van der Waals surface area contributed by atoms with Gasteiger partial charge < -0.3 is 4.74 Å². The topological polar surface area (TPSA) is 35.0 Å². The molecular weight excluding hydrogens is 255 g/mol. The summed E-state index contributed by atoms with van der Waals surface area (Å²) >= 11 is 0. The smallest absolute Gasteiger partial charge is 0.158 e. The average molecular weight is 272 g/mol. The second-order valence-corrected chi connectivity index (χ2v) is 5.45. The van der Waals surface area contributed by atoms with Gasteiger partial charge in [0.15, 0.2) is 5.75 Å². The summed E-state index contributed by atoms with van der Waals surface area (Å²) in [6.07, 6.45) is 3.77. The maximum atomic E-state index is 13.3. The highest BCUT2D eigenvalue weighted by Gasteiger charge is 2.45. The zero-order chi connectivity index (χ0) is 14.2. The van der Waals surface area contributed by atoms with E-state index in [9.17, 15) is 4.39 Å². The number of aromatic nitrogens is 2. The van der Waals surface area contributed by atoms with Crippen LogP contribution in [0, 0.1) is 19.7 Å². The summed E-state index contributed by atoms with van der Waals surface area (Å²) in [6, 6.07) is 6.80. The van der Waals surface area contributed by atoms with Crippen molar-refractivity contribution in [3.8, 4) is 5.75 Å². The van der Waals surface area contributed by atoms with Crippen molar-refractivity contribution in [1.29, 1.82) is 0 Å². The van der Waals surface area contributed by atoms with E-state index in [1.54, 1.807) is 18.3 Å². The van der Waals surface area contributed by atoms with Gasteiger partial charge in [-0.15, -0.1) is 0 Å². The lowest BCUT2D eigenvalue weighted by Gasteiger charge is -2.17. The molecule has 1 aliphatic carbocycles. The van der Waals surface area contributed by atoms with Gasteiger partial charge in [-0.2, -0.15) is 0 Å². The van der Waals surface area contributed by atoms with E-state index in [0.29, 0.717) is 12.4 Å². The molecule has 0 bridgehead atoms. The molecule has 3 nitrogen and oxygen atoms in total. The van der Waals surface area contributed by atoms with Crippen LogP contribution in [0.1, 0.15) is 29.9 Å². The first-order valence-electron chi connectivity index (χ1n) is 6.78. The first-order chi connectivity index (χ1) is 9.59. The zero-order valence-electron chi connectivity index (χ0n) is 11.7. The number of aryl methyl sites for hydroxylation is 2. The highest BCUT2D eigenvalue weighted by Crippen LogP contribution is 2.48. The monoisotopic (exact) mass is 272 g/mol. The Labute approximate surface area is 117 Å². The molecule has 20 heavy (non-hydrogen) atoms. The highest BCUT2D eigenvalue weighted by atomic mass is 19.1. The van der Waals surface area contributed by atoms with E-state index in [-0.39, 0.29) is 11.2 Å². The summed E-state index contributed by atoms with van der Waals surface area (Å²) in [7, 11) is 0. The van der Waals surface area contributed by atoms with Gasteiger partial charge in [0.2, 0.25) is 0 Å². The highest BCUT2D eigenvalue weighted by molar-refractivity contribution is 5.33. The first-order valence-corrected chi connectivity index (χ1v) is 6.78. The van der Waals surface area contributed by atoms with Crippen LogP contribution in [0.5, 0.6) is 5.75 Å². The van der Waals surface area contributed by atoms with Crippen molar-refractivity contribution in [2.45, 2.75) is 32.1 Å². The Morgan fingerprint density at radius 2 is 2.10 bits per heavy atom. The Hall–Kier alpha value is -1.97. The molecule has 3 rings (SSSR count). The molecule has 0 N–H and O–H groups in total. The second kappa shape index (κ2) is 4.85. The molecule has 0 saturated heterocycles. The molecule has 0 radical (unpaired) electrons. The summed E-state index contributed by atoms with van der Waals surface area (Å²) in [5.74, 6) is 1.25. The van der Waals surface area contributed by atoms with Crippen molar-refractivity contribution >= 4 is 0 Å². The third-order valence-electron chi connectivity index (χ3n) is 3.85. The molecule has 1 heterocycles. The summed E-state index contributed by atoms with van der Waals surface area (Å²) in [5.41, 5.74) is 1.81. The van der Waals surface area contributed by atoms with Crippen molar-refractivity contribution in [3.05, 3.63) is 53.4 Å². The van der Waals surface area contributed by atoms with E-state index in [2.05, 4.69) is 9.97 Å². The molecule has 0 atom stereocenters. The molecule has 104 valence electrons. The Balaban J connectivity index is 1.75. The number of rotatable bonds is 4. The standard InChI is InChI=1S/C16H17FN2O/c1-11-15(9-18-12(2)19-11)20-10-16(6-7-16)13-4-3-5-14(17)8-13/h3-5,8-9H,6-7,10H2,1-2H3. The zero-order valence-corrected chi connectivity index (χ0v) is 11.7. The quantitative estimate of drug-likeness (QED) is 0.856. The summed E-state index contributed by atoms with van der Waals surface area (Å²) in [4.78, 5) is 8.44. The van der Waals surface area contributed by atoms with Crippen molar-refractivity contribution in [3.63, 3.8) is 0 Å². The van der Waals surface area contributed by atoms with Gasteiger partial charge in [0.1, 0.15) is 11.6 Å². The van der Waals surface area contributed by atoms with Gasteiger partial charge in [0.05, 0.1) is 18.5 Å². The Kier molecular flexibility index (Phi) is 3.16. The Morgan fingerprint density at radius 3 is 2.75 bits per heavy atom. The van der Waals surface area contributed by atoms with E-state index >= 15 is 0 Å². The minimum Gasteiger partial charge on any atom is -0.489 e. The first kappa shape index (κ1) is 13.0. The maximum Gasteiger partial charge on any atom is 0.158 e. The molecule has 1 aliphatic rings. The fraction of sp³-hybridized carbons (Fsp3) is 0.375. The van der Waals surface area contributed by atoms with Gasteiger partial charge in [-0.25, -0.2) is 14.4 Å².